The highest BCUT2D eigenvalue weighted by Crippen LogP contribution is 2.33. The quantitative estimate of drug-likeness (QED) is 0.651. The molecule has 0 aromatic carbocycles. The largest absolute Gasteiger partial charge is 0.324 e. The van der Waals surface area contributed by atoms with Crippen LogP contribution >= 0.6 is 0 Å². The summed E-state index contributed by atoms with van der Waals surface area (Å²) < 4.78 is 0. The van der Waals surface area contributed by atoms with Gasteiger partial charge in [0.2, 0.25) is 0 Å². The van der Waals surface area contributed by atoms with Crippen LogP contribution in [-0.4, -0.2) is 6.04 Å². The van der Waals surface area contributed by atoms with E-state index in [4.69, 9.17) is 5.73 Å². The lowest BCUT2D eigenvalue weighted by Crippen LogP contribution is -2.30. The number of hydrogen-bond donors (Lipinski definition) is 1. The van der Waals surface area contributed by atoms with Gasteiger partial charge in [-0.1, -0.05) is 38.8 Å². The van der Waals surface area contributed by atoms with Crippen LogP contribution in [0.15, 0.2) is 11.1 Å². The zero-order valence-electron chi connectivity index (χ0n) is 9.43. The first kappa shape index (κ1) is 10.8. The second-order valence-corrected chi connectivity index (χ2v) is 4.79. The van der Waals surface area contributed by atoms with E-state index in [1.165, 1.54) is 19.3 Å². The van der Waals surface area contributed by atoms with Crippen LogP contribution in [0, 0.1) is 11.8 Å². The summed E-state index contributed by atoms with van der Waals surface area (Å²) in [6, 6.07) is 0.339. The Hall–Kier alpha value is -0.300. The van der Waals surface area contributed by atoms with Crippen molar-refractivity contribution in [1.29, 1.82) is 0 Å². The van der Waals surface area contributed by atoms with Gasteiger partial charge in [-0.3, -0.25) is 0 Å². The molecule has 0 saturated heterocycles. The molecule has 1 aliphatic carbocycles. The fraction of sp³-hybridized carbons (Fsp3) is 0.833. The molecule has 0 bridgehead atoms. The van der Waals surface area contributed by atoms with Gasteiger partial charge in [0, 0.05) is 6.04 Å². The molecular weight excluding hydrogens is 158 g/mol. The maximum Gasteiger partial charge on any atom is 0.0259 e. The maximum atomic E-state index is 6.15. The van der Waals surface area contributed by atoms with E-state index in [1.807, 2.05) is 0 Å². The van der Waals surface area contributed by atoms with E-state index in [9.17, 15) is 0 Å². The maximum absolute atomic E-state index is 6.15. The molecule has 1 unspecified atom stereocenters. The molecule has 1 aliphatic rings. The van der Waals surface area contributed by atoms with Crippen molar-refractivity contribution in [3.63, 3.8) is 0 Å². The highest BCUT2D eigenvalue weighted by molar-refractivity contribution is 5.25. The average Bonchev–Trinajstić information content (AvgIpc) is 2.02. The van der Waals surface area contributed by atoms with Gasteiger partial charge < -0.3 is 5.73 Å². The van der Waals surface area contributed by atoms with Gasteiger partial charge in [-0.15, -0.1) is 0 Å². The highest BCUT2D eigenvalue weighted by Gasteiger charge is 2.23. The van der Waals surface area contributed by atoms with E-state index in [-0.39, 0.29) is 0 Å². The van der Waals surface area contributed by atoms with Gasteiger partial charge in [-0.2, -0.15) is 0 Å². The van der Waals surface area contributed by atoms with Gasteiger partial charge >= 0.3 is 0 Å². The summed E-state index contributed by atoms with van der Waals surface area (Å²) in [5.41, 5.74) is 9.33. The van der Waals surface area contributed by atoms with Gasteiger partial charge in [-0.05, 0) is 31.1 Å². The molecule has 1 atom stereocenters. The first-order valence-electron chi connectivity index (χ1n) is 5.52. The molecule has 13 heavy (non-hydrogen) atoms. The van der Waals surface area contributed by atoms with Crippen LogP contribution in [0.4, 0.5) is 0 Å². The van der Waals surface area contributed by atoms with Crippen LogP contribution in [0.3, 0.4) is 0 Å². The Labute approximate surface area is 82.4 Å². The molecule has 1 heteroatoms. The molecule has 76 valence electrons. The number of rotatable bonds is 2. The van der Waals surface area contributed by atoms with Crippen molar-refractivity contribution in [3.05, 3.63) is 11.1 Å². The predicted octanol–water partition coefficient (Wildman–Crippen LogP) is 3.11. The van der Waals surface area contributed by atoms with Crippen LogP contribution in [0.5, 0.6) is 0 Å². The third kappa shape index (κ3) is 2.34. The van der Waals surface area contributed by atoms with Crippen LogP contribution < -0.4 is 5.73 Å². The highest BCUT2D eigenvalue weighted by atomic mass is 14.6. The molecule has 0 heterocycles. The number of hydrogen-bond acceptors (Lipinski definition) is 1. The molecule has 0 aromatic rings. The zero-order chi connectivity index (χ0) is 10.0. The SMILES string of the molecule is CC(C)C1=C(C(C)C)C(N)CCC1. The summed E-state index contributed by atoms with van der Waals surface area (Å²) in [5, 5.41) is 0. The Morgan fingerprint density at radius 2 is 1.77 bits per heavy atom. The van der Waals surface area contributed by atoms with Crippen molar-refractivity contribution in [1.82, 2.24) is 0 Å². The molecule has 0 aliphatic heterocycles. The average molecular weight is 181 g/mol. The van der Waals surface area contributed by atoms with E-state index >= 15 is 0 Å². The van der Waals surface area contributed by atoms with Gasteiger partial charge in [0.15, 0.2) is 0 Å². The fourth-order valence-corrected chi connectivity index (χ4v) is 2.47. The second-order valence-electron chi connectivity index (χ2n) is 4.79. The molecule has 1 rings (SSSR count). The lowest BCUT2D eigenvalue weighted by Gasteiger charge is -2.30. The standard InChI is InChI=1S/C12H23N/c1-8(2)10-6-5-7-11(13)12(10)9(3)4/h8-9,11H,5-7,13H2,1-4H3. The Kier molecular flexibility index (Phi) is 3.55. The molecule has 0 aromatic heterocycles. The number of nitrogens with two attached hydrogens (primary N) is 1. The summed E-state index contributed by atoms with van der Waals surface area (Å²) in [4.78, 5) is 0. The topological polar surface area (TPSA) is 26.0 Å². The summed E-state index contributed by atoms with van der Waals surface area (Å²) in [5.74, 6) is 1.32. The summed E-state index contributed by atoms with van der Waals surface area (Å²) in [7, 11) is 0. The van der Waals surface area contributed by atoms with Crippen molar-refractivity contribution in [2.24, 2.45) is 17.6 Å². The minimum atomic E-state index is 0.339. The van der Waals surface area contributed by atoms with E-state index < -0.39 is 0 Å². The summed E-state index contributed by atoms with van der Waals surface area (Å²) in [6.07, 6.45) is 3.74. The van der Waals surface area contributed by atoms with E-state index in [2.05, 4.69) is 27.7 Å². The van der Waals surface area contributed by atoms with Crippen molar-refractivity contribution in [2.75, 3.05) is 0 Å². The molecular formula is C12H23N. The molecule has 0 spiro atoms. The Bertz CT molecular complexity index is 201. The Balaban J connectivity index is 2.97. The number of allylic oxidation sites excluding steroid dienone is 1. The summed E-state index contributed by atoms with van der Waals surface area (Å²) in [6.45, 7) is 9.11. The molecule has 2 N–H and O–H groups in total. The van der Waals surface area contributed by atoms with Gasteiger partial charge in [-0.25, -0.2) is 0 Å². The minimum Gasteiger partial charge on any atom is -0.324 e. The zero-order valence-corrected chi connectivity index (χ0v) is 9.43. The van der Waals surface area contributed by atoms with Crippen molar-refractivity contribution >= 4 is 0 Å². The van der Waals surface area contributed by atoms with Crippen LogP contribution in [0.2, 0.25) is 0 Å². The molecule has 0 fully saturated rings. The third-order valence-corrected chi connectivity index (χ3v) is 3.05. The minimum absolute atomic E-state index is 0.339. The van der Waals surface area contributed by atoms with Crippen LogP contribution in [0.1, 0.15) is 47.0 Å². The molecule has 0 radical (unpaired) electrons. The molecule has 0 saturated carbocycles. The monoisotopic (exact) mass is 181 g/mol. The van der Waals surface area contributed by atoms with Crippen molar-refractivity contribution in [2.45, 2.75) is 53.0 Å². The van der Waals surface area contributed by atoms with Gasteiger partial charge in [0.1, 0.15) is 0 Å². The second kappa shape index (κ2) is 4.28. The van der Waals surface area contributed by atoms with Crippen molar-refractivity contribution in [3.8, 4) is 0 Å². The molecule has 1 nitrogen and oxygen atoms in total. The van der Waals surface area contributed by atoms with Crippen LogP contribution in [-0.2, 0) is 0 Å². The fourth-order valence-electron chi connectivity index (χ4n) is 2.47. The van der Waals surface area contributed by atoms with E-state index in [0.29, 0.717) is 17.9 Å². The van der Waals surface area contributed by atoms with Gasteiger partial charge in [0.05, 0.1) is 0 Å². The Morgan fingerprint density at radius 1 is 1.15 bits per heavy atom. The van der Waals surface area contributed by atoms with E-state index in [0.717, 1.165) is 0 Å². The first-order valence-corrected chi connectivity index (χ1v) is 5.52. The van der Waals surface area contributed by atoms with E-state index in [1.54, 1.807) is 11.1 Å². The third-order valence-electron chi connectivity index (χ3n) is 3.05. The predicted molar refractivity (Wildman–Crippen MR) is 58.5 cm³/mol. The Morgan fingerprint density at radius 3 is 2.15 bits per heavy atom. The van der Waals surface area contributed by atoms with Crippen LogP contribution in [0.25, 0.3) is 0 Å². The lowest BCUT2D eigenvalue weighted by atomic mass is 9.78. The van der Waals surface area contributed by atoms with Gasteiger partial charge in [0.25, 0.3) is 0 Å². The summed E-state index contributed by atoms with van der Waals surface area (Å²) >= 11 is 0. The smallest absolute Gasteiger partial charge is 0.0259 e. The van der Waals surface area contributed by atoms with Crippen molar-refractivity contribution < 1.29 is 0 Å². The normalized spacial score (nSPS) is 24.7. The molecule has 0 amide bonds. The first-order chi connectivity index (χ1) is 6.04. The lowest BCUT2D eigenvalue weighted by molar-refractivity contribution is 0.502.